The summed E-state index contributed by atoms with van der Waals surface area (Å²) in [6, 6.07) is 8.28. The number of rotatable bonds is 7. The van der Waals surface area contributed by atoms with Gasteiger partial charge in [0.1, 0.15) is 11.6 Å². The standard InChI is InChI=1S/C26H31N5O5/c1-16(2)12-22(30-24(33)36-26(3,4)5)23(32)29-21-7-6-18(17-8-10-27-11-9-17)13-20(21)19-14-28-31(15-19)25(34)35/h6-11,13-16,22H,12H2,1-5H3,(H,29,32)(H,30,33)(H,34,35). The first-order chi connectivity index (χ1) is 16.9. The Balaban J connectivity index is 1.95. The number of hydrogen-bond donors (Lipinski definition) is 3. The van der Waals surface area contributed by atoms with Crippen molar-refractivity contribution in [1.29, 1.82) is 0 Å². The maximum Gasteiger partial charge on any atom is 0.432 e. The van der Waals surface area contributed by atoms with E-state index in [1.165, 1.54) is 12.4 Å². The first kappa shape index (κ1) is 26.4. The van der Waals surface area contributed by atoms with Crippen molar-refractivity contribution in [2.75, 3.05) is 5.32 Å². The zero-order valence-corrected chi connectivity index (χ0v) is 21.0. The lowest BCUT2D eigenvalue weighted by atomic mass is 9.98. The Bertz CT molecular complexity index is 1230. The van der Waals surface area contributed by atoms with Crippen LogP contribution in [0, 0.1) is 5.92 Å². The van der Waals surface area contributed by atoms with Gasteiger partial charge in [-0.05, 0) is 68.5 Å². The van der Waals surface area contributed by atoms with Crippen LogP contribution in [0.15, 0.2) is 55.1 Å². The van der Waals surface area contributed by atoms with Crippen LogP contribution in [-0.2, 0) is 9.53 Å². The summed E-state index contributed by atoms with van der Waals surface area (Å²) in [5, 5.41) is 18.7. The number of anilines is 1. The summed E-state index contributed by atoms with van der Waals surface area (Å²) < 4.78 is 6.13. The van der Waals surface area contributed by atoms with Crippen molar-refractivity contribution < 1.29 is 24.2 Å². The van der Waals surface area contributed by atoms with Gasteiger partial charge in [0.15, 0.2) is 0 Å². The molecule has 190 valence electrons. The van der Waals surface area contributed by atoms with Gasteiger partial charge in [-0.1, -0.05) is 19.9 Å². The molecule has 3 N–H and O–H groups in total. The van der Waals surface area contributed by atoms with Crippen LogP contribution in [0.3, 0.4) is 0 Å². The van der Waals surface area contributed by atoms with E-state index >= 15 is 0 Å². The second-order valence-electron chi connectivity index (χ2n) is 9.77. The summed E-state index contributed by atoms with van der Waals surface area (Å²) in [6.07, 6.45) is 4.62. The van der Waals surface area contributed by atoms with Crippen molar-refractivity contribution in [3.63, 3.8) is 0 Å². The fourth-order valence-electron chi connectivity index (χ4n) is 3.56. The van der Waals surface area contributed by atoms with Gasteiger partial charge in [0.2, 0.25) is 5.91 Å². The number of nitrogens with zero attached hydrogens (tertiary/aromatic N) is 3. The van der Waals surface area contributed by atoms with Crippen LogP contribution in [0.25, 0.3) is 22.3 Å². The Morgan fingerprint density at radius 2 is 1.75 bits per heavy atom. The second kappa shape index (κ2) is 11.0. The number of benzene rings is 1. The van der Waals surface area contributed by atoms with Crippen LogP contribution >= 0.6 is 0 Å². The maximum absolute atomic E-state index is 13.3. The molecule has 1 aromatic carbocycles. The van der Waals surface area contributed by atoms with Gasteiger partial charge in [-0.25, -0.2) is 9.59 Å². The van der Waals surface area contributed by atoms with Gasteiger partial charge < -0.3 is 20.5 Å². The van der Waals surface area contributed by atoms with E-state index in [2.05, 4.69) is 20.7 Å². The van der Waals surface area contributed by atoms with E-state index in [-0.39, 0.29) is 5.92 Å². The number of hydrogen-bond acceptors (Lipinski definition) is 6. The fraction of sp³-hybridized carbons (Fsp3) is 0.346. The molecule has 10 heteroatoms. The van der Waals surface area contributed by atoms with Crippen LogP contribution in [0.1, 0.15) is 41.0 Å². The monoisotopic (exact) mass is 493 g/mol. The summed E-state index contributed by atoms with van der Waals surface area (Å²) in [7, 11) is 0. The van der Waals surface area contributed by atoms with E-state index < -0.39 is 29.7 Å². The highest BCUT2D eigenvalue weighted by Gasteiger charge is 2.26. The average molecular weight is 494 g/mol. The smallest absolute Gasteiger partial charge is 0.432 e. The first-order valence-corrected chi connectivity index (χ1v) is 11.6. The van der Waals surface area contributed by atoms with Gasteiger partial charge in [0.25, 0.3) is 0 Å². The van der Waals surface area contributed by atoms with Crippen LogP contribution in [-0.4, -0.2) is 49.6 Å². The molecular weight excluding hydrogens is 462 g/mol. The summed E-state index contributed by atoms with van der Waals surface area (Å²) in [5.74, 6) is -0.295. The molecule has 3 rings (SSSR count). The summed E-state index contributed by atoms with van der Waals surface area (Å²) in [4.78, 5) is 41.1. The molecule has 10 nitrogen and oxygen atoms in total. The average Bonchev–Trinajstić information content (AvgIpc) is 3.28. The Kier molecular flexibility index (Phi) is 8.08. The minimum Gasteiger partial charge on any atom is -0.463 e. The maximum atomic E-state index is 13.3. The minimum absolute atomic E-state index is 0.123. The molecule has 1 atom stereocenters. The Labute approximate surface area is 209 Å². The van der Waals surface area contributed by atoms with Crippen LogP contribution in [0.2, 0.25) is 0 Å². The molecule has 0 aliphatic rings. The number of carbonyl (C=O) groups excluding carboxylic acids is 2. The summed E-state index contributed by atoms with van der Waals surface area (Å²) in [5.41, 5.74) is 2.57. The number of nitrogens with one attached hydrogen (secondary N) is 2. The van der Waals surface area contributed by atoms with E-state index in [0.717, 1.165) is 15.8 Å². The summed E-state index contributed by atoms with van der Waals surface area (Å²) >= 11 is 0. The largest absolute Gasteiger partial charge is 0.463 e. The van der Waals surface area contributed by atoms with E-state index in [1.807, 2.05) is 38.1 Å². The molecule has 0 spiro atoms. The quantitative estimate of drug-likeness (QED) is 0.421. The van der Waals surface area contributed by atoms with Gasteiger partial charge in [-0.3, -0.25) is 9.78 Å². The van der Waals surface area contributed by atoms with Crippen molar-refractivity contribution in [3.05, 3.63) is 55.1 Å². The van der Waals surface area contributed by atoms with E-state index in [0.29, 0.717) is 23.2 Å². The highest BCUT2D eigenvalue weighted by molar-refractivity contribution is 6.00. The first-order valence-electron chi connectivity index (χ1n) is 11.6. The van der Waals surface area contributed by atoms with Crippen molar-refractivity contribution >= 4 is 23.8 Å². The fourth-order valence-corrected chi connectivity index (χ4v) is 3.56. The predicted octanol–water partition coefficient (Wildman–Crippen LogP) is 5.02. The van der Waals surface area contributed by atoms with Crippen LogP contribution in [0.5, 0.6) is 0 Å². The molecule has 0 saturated carbocycles. The molecule has 0 aliphatic heterocycles. The van der Waals surface area contributed by atoms with E-state index in [4.69, 9.17) is 4.74 Å². The molecule has 0 fully saturated rings. The van der Waals surface area contributed by atoms with Gasteiger partial charge in [-0.15, -0.1) is 0 Å². The third-order valence-corrected chi connectivity index (χ3v) is 5.10. The third-order valence-electron chi connectivity index (χ3n) is 5.10. The van der Waals surface area contributed by atoms with Crippen molar-refractivity contribution in [2.24, 2.45) is 5.92 Å². The highest BCUT2D eigenvalue weighted by Crippen LogP contribution is 2.33. The molecule has 2 aromatic heterocycles. The minimum atomic E-state index is -1.23. The zero-order valence-electron chi connectivity index (χ0n) is 21.0. The third kappa shape index (κ3) is 7.14. The Hall–Kier alpha value is -4.21. The highest BCUT2D eigenvalue weighted by atomic mass is 16.6. The predicted molar refractivity (Wildman–Crippen MR) is 136 cm³/mol. The second-order valence-corrected chi connectivity index (χ2v) is 9.77. The molecule has 0 radical (unpaired) electrons. The Morgan fingerprint density at radius 3 is 2.33 bits per heavy atom. The number of aromatic nitrogens is 3. The van der Waals surface area contributed by atoms with Gasteiger partial charge in [0.05, 0.1) is 6.20 Å². The molecule has 0 aliphatic carbocycles. The number of amides is 2. The van der Waals surface area contributed by atoms with Crippen molar-refractivity contribution in [3.8, 4) is 22.3 Å². The molecule has 1 unspecified atom stereocenters. The number of alkyl carbamates (subject to hydrolysis) is 1. The normalized spacial score (nSPS) is 12.2. The molecule has 2 heterocycles. The Morgan fingerprint density at radius 1 is 1.06 bits per heavy atom. The topological polar surface area (TPSA) is 135 Å². The lowest BCUT2D eigenvalue weighted by Crippen LogP contribution is -2.46. The molecule has 0 bridgehead atoms. The number of carboxylic acid groups (broad SMARTS) is 1. The van der Waals surface area contributed by atoms with Gasteiger partial charge in [-0.2, -0.15) is 9.78 Å². The number of ether oxygens (including phenoxy) is 1. The van der Waals surface area contributed by atoms with E-state index in [9.17, 15) is 19.5 Å². The molecular formula is C26H31N5O5. The number of carbonyl (C=O) groups is 3. The molecule has 3 aromatic rings. The SMILES string of the molecule is CC(C)CC(NC(=O)OC(C)(C)C)C(=O)Nc1ccc(-c2ccncc2)cc1-c1cnn(C(=O)O)c1. The number of pyridine rings is 1. The lowest BCUT2D eigenvalue weighted by molar-refractivity contribution is -0.118. The van der Waals surface area contributed by atoms with E-state index in [1.54, 1.807) is 39.2 Å². The van der Waals surface area contributed by atoms with Crippen LogP contribution in [0.4, 0.5) is 15.3 Å². The molecule has 0 saturated heterocycles. The van der Waals surface area contributed by atoms with Crippen molar-refractivity contribution in [2.45, 2.75) is 52.7 Å². The van der Waals surface area contributed by atoms with Crippen LogP contribution < -0.4 is 10.6 Å². The zero-order chi connectivity index (χ0) is 26.5. The van der Waals surface area contributed by atoms with Gasteiger partial charge >= 0.3 is 12.2 Å². The lowest BCUT2D eigenvalue weighted by Gasteiger charge is -2.24. The summed E-state index contributed by atoms with van der Waals surface area (Å²) in [6.45, 7) is 9.15. The molecule has 36 heavy (non-hydrogen) atoms. The van der Waals surface area contributed by atoms with Crippen molar-refractivity contribution in [1.82, 2.24) is 20.1 Å². The van der Waals surface area contributed by atoms with Gasteiger partial charge in [0, 0.05) is 35.4 Å². The molecule has 2 amide bonds.